The Balaban J connectivity index is 1.67. The van der Waals surface area contributed by atoms with Gasteiger partial charge in [-0.3, -0.25) is 0 Å². The maximum Gasteiger partial charge on any atom is 0.120 e. The van der Waals surface area contributed by atoms with Gasteiger partial charge in [-0.1, -0.05) is 37.3 Å². The molecule has 2 aromatic carbocycles. The summed E-state index contributed by atoms with van der Waals surface area (Å²) < 4.78 is 6.01. The average molecular weight is 281 g/mol. The predicted octanol–water partition coefficient (Wildman–Crippen LogP) is 3.86. The molecular formula is C19H23NO. The standard InChI is InChI=1S/C19H23NO/c1-2-20-13-17-6-3-4-7-18(17)14-21-19-11-10-15-8-5-9-16(15)12-19/h3-4,6-7,10-12,20H,2,5,8-9,13-14H2,1H3. The Morgan fingerprint density at radius 1 is 1.00 bits per heavy atom. The van der Waals surface area contributed by atoms with Crippen LogP contribution in [0.1, 0.15) is 35.6 Å². The summed E-state index contributed by atoms with van der Waals surface area (Å²) >= 11 is 0. The Bertz CT molecular complexity index is 606. The molecule has 0 aliphatic heterocycles. The smallest absolute Gasteiger partial charge is 0.120 e. The third-order valence-corrected chi connectivity index (χ3v) is 4.15. The number of rotatable bonds is 6. The second-order valence-corrected chi connectivity index (χ2v) is 5.62. The number of benzene rings is 2. The number of fused-ring (bicyclic) bond motifs is 1. The van der Waals surface area contributed by atoms with Crippen molar-refractivity contribution < 1.29 is 4.74 Å². The van der Waals surface area contributed by atoms with Gasteiger partial charge in [-0.05, 0) is 60.2 Å². The molecule has 1 aliphatic carbocycles. The van der Waals surface area contributed by atoms with E-state index in [2.05, 4.69) is 54.7 Å². The van der Waals surface area contributed by atoms with Crippen molar-refractivity contribution in [2.24, 2.45) is 0 Å². The minimum Gasteiger partial charge on any atom is -0.489 e. The van der Waals surface area contributed by atoms with E-state index in [0.29, 0.717) is 6.61 Å². The molecule has 0 amide bonds. The molecule has 0 radical (unpaired) electrons. The fourth-order valence-electron chi connectivity index (χ4n) is 2.93. The van der Waals surface area contributed by atoms with E-state index in [-0.39, 0.29) is 0 Å². The monoisotopic (exact) mass is 281 g/mol. The zero-order chi connectivity index (χ0) is 14.5. The van der Waals surface area contributed by atoms with Crippen LogP contribution in [0.3, 0.4) is 0 Å². The average Bonchev–Trinajstić information content (AvgIpc) is 2.99. The van der Waals surface area contributed by atoms with E-state index in [0.717, 1.165) is 18.8 Å². The number of nitrogens with one attached hydrogen (secondary N) is 1. The van der Waals surface area contributed by atoms with Gasteiger partial charge in [0, 0.05) is 6.54 Å². The summed E-state index contributed by atoms with van der Waals surface area (Å²) in [4.78, 5) is 0. The van der Waals surface area contributed by atoms with Gasteiger partial charge in [-0.15, -0.1) is 0 Å². The molecule has 1 N–H and O–H groups in total. The number of aryl methyl sites for hydroxylation is 2. The minimum atomic E-state index is 0.639. The molecule has 1 aliphatic rings. The summed E-state index contributed by atoms with van der Waals surface area (Å²) in [6.45, 7) is 4.66. The summed E-state index contributed by atoms with van der Waals surface area (Å²) in [5.74, 6) is 0.994. The summed E-state index contributed by atoms with van der Waals surface area (Å²) in [5.41, 5.74) is 5.54. The van der Waals surface area contributed by atoms with Gasteiger partial charge in [-0.25, -0.2) is 0 Å². The van der Waals surface area contributed by atoms with E-state index in [1.54, 1.807) is 0 Å². The lowest BCUT2D eigenvalue weighted by molar-refractivity contribution is 0.304. The Morgan fingerprint density at radius 3 is 2.67 bits per heavy atom. The quantitative estimate of drug-likeness (QED) is 0.868. The lowest BCUT2D eigenvalue weighted by atomic mass is 10.1. The molecular weight excluding hydrogens is 258 g/mol. The van der Waals surface area contributed by atoms with Crippen LogP contribution in [0.2, 0.25) is 0 Å². The first-order chi connectivity index (χ1) is 10.4. The molecule has 0 saturated heterocycles. The van der Waals surface area contributed by atoms with Crippen LogP contribution in [-0.2, 0) is 26.0 Å². The van der Waals surface area contributed by atoms with Crippen molar-refractivity contribution in [3.63, 3.8) is 0 Å². The third kappa shape index (κ3) is 3.45. The van der Waals surface area contributed by atoms with Crippen LogP contribution in [0.25, 0.3) is 0 Å². The fourth-order valence-corrected chi connectivity index (χ4v) is 2.93. The first-order valence-electron chi connectivity index (χ1n) is 7.89. The lowest BCUT2D eigenvalue weighted by Gasteiger charge is -2.12. The second-order valence-electron chi connectivity index (χ2n) is 5.62. The van der Waals surface area contributed by atoms with Gasteiger partial charge < -0.3 is 10.1 Å². The highest BCUT2D eigenvalue weighted by atomic mass is 16.5. The van der Waals surface area contributed by atoms with Gasteiger partial charge >= 0.3 is 0 Å². The lowest BCUT2D eigenvalue weighted by Crippen LogP contribution is -2.13. The van der Waals surface area contributed by atoms with Gasteiger partial charge in [0.1, 0.15) is 12.4 Å². The van der Waals surface area contributed by atoms with Gasteiger partial charge in [0.05, 0.1) is 0 Å². The van der Waals surface area contributed by atoms with E-state index in [4.69, 9.17) is 4.74 Å². The zero-order valence-corrected chi connectivity index (χ0v) is 12.7. The van der Waals surface area contributed by atoms with E-state index in [1.165, 1.54) is 41.5 Å². The highest BCUT2D eigenvalue weighted by Crippen LogP contribution is 2.26. The Morgan fingerprint density at radius 2 is 1.81 bits per heavy atom. The van der Waals surface area contributed by atoms with Crippen molar-refractivity contribution in [3.05, 3.63) is 64.7 Å². The van der Waals surface area contributed by atoms with E-state index in [9.17, 15) is 0 Å². The molecule has 2 aromatic rings. The molecule has 110 valence electrons. The van der Waals surface area contributed by atoms with Crippen molar-refractivity contribution in [1.29, 1.82) is 0 Å². The maximum absolute atomic E-state index is 6.01. The molecule has 0 heterocycles. The van der Waals surface area contributed by atoms with E-state index < -0.39 is 0 Å². The third-order valence-electron chi connectivity index (χ3n) is 4.15. The van der Waals surface area contributed by atoms with Gasteiger partial charge in [0.2, 0.25) is 0 Å². The Hall–Kier alpha value is -1.80. The van der Waals surface area contributed by atoms with Crippen molar-refractivity contribution >= 4 is 0 Å². The Labute approximate surface area is 127 Å². The summed E-state index contributed by atoms with van der Waals surface area (Å²) in [5, 5.41) is 3.38. The van der Waals surface area contributed by atoms with E-state index >= 15 is 0 Å². The van der Waals surface area contributed by atoms with Crippen LogP contribution in [-0.4, -0.2) is 6.54 Å². The molecule has 0 fully saturated rings. The molecule has 2 heteroatoms. The first-order valence-corrected chi connectivity index (χ1v) is 7.89. The van der Waals surface area contributed by atoms with E-state index in [1.807, 2.05) is 0 Å². The van der Waals surface area contributed by atoms with Gasteiger partial charge in [0.25, 0.3) is 0 Å². The molecule has 2 nitrogen and oxygen atoms in total. The van der Waals surface area contributed by atoms with Crippen LogP contribution in [0.4, 0.5) is 0 Å². The normalized spacial score (nSPS) is 13.2. The fraction of sp³-hybridized carbons (Fsp3) is 0.368. The topological polar surface area (TPSA) is 21.3 Å². The maximum atomic E-state index is 6.01. The number of ether oxygens (including phenoxy) is 1. The SMILES string of the molecule is CCNCc1ccccc1COc1ccc2c(c1)CCC2. The summed E-state index contributed by atoms with van der Waals surface area (Å²) in [6.07, 6.45) is 3.70. The van der Waals surface area contributed by atoms with Crippen LogP contribution in [0, 0.1) is 0 Å². The van der Waals surface area contributed by atoms with Crippen molar-refractivity contribution in [3.8, 4) is 5.75 Å². The molecule has 0 spiro atoms. The highest BCUT2D eigenvalue weighted by molar-refractivity contribution is 5.38. The summed E-state index contributed by atoms with van der Waals surface area (Å²) in [6, 6.07) is 15.0. The van der Waals surface area contributed by atoms with Crippen molar-refractivity contribution in [2.45, 2.75) is 39.3 Å². The molecule has 3 rings (SSSR count). The molecule has 0 unspecified atom stereocenters. The molecule has 21 heavy (non-hydrogen) atoms. The van der Waals surface area contributed by atoms with Gasteiger partial charge in [-0.2, -0.15) is 0 Å². The second kappa shape index (κ2) is 6.77. The van der Waals surface area contributed by atoms with Crippen LogP contribution in [0.15, 0.2) is 42.5 Å². The Kier molecular flexibility index (Phi) is 4.56. The first kappa shape index (κ1) is 14.2. The zero-order valence-electron chi connectivity index (χ0n) is 12.7. The van der Waals surface area contributed by atoms with Crippen molar-refractivity contribution in [1.82, 2.24) is 5.32 Å². The molecule has 0 bridgehead atoms. The minimum absolute atomic E-state index is 0.639. The molecule has 0 saturated carbocycles. The predicted molar refractivity (Wildman–Crippen MR) is 86.6 cm³/mol. The number of hydrogen-bond donors (Lipinski definition) is 1. The number of hydrogen-bond acceptors (Lipinski definition) is 2. The molecule has 0 atom stereocenters. The van der Waals surface area contributed by atoms with Crippen LogP contribution in [0.5, 0.6) is 5.75 Å². The highest BCUT2D eigenvalue weighted by Gasteiger charge is 2.11. The van der Waals surface area contributed by atoms with Crippen molar-refractivity contribution in [2.75, 3.05) is 6.54 Å². The van der Waals surface area contributed by atoms with Crippen LogP contribution < -0.4 is 10.1 Å². The van der Waals surface area contributed by atoms with Crippen LogP contribution >= 0.6 is 0 Å². The summed E-state index contributed by atoms with van der Waals surface area (Å²) in [7, 11) is 0. The van der Waals surface area contributed by atoms with Gasteiger partial charge in [0.15, 0.2) is 0 Å². The largest absolute Gasteiger partial charge is 0.489 e. The molecule has 0 aromatic heterocycles.